The quantitative estimate of drug-likeness (QED) is 0.244. The Morgan fingerprint density at radius 1 is 1.11 bits per heavy atom. The van der Waals surface area contributed by atoms with Gasteiger partial charge in [0.25, 0.3) is 5.19 Å². The fourth-order valence-corrected chi connectivity index (χ4v) is 3.00. The lowest BCUT2D eigenvalue weighted by Gasteiger charge is -2.14. The second-order valence-electron chi connectivity index (χ2n) is 5.77. The third-order valence-corrected chi connectivity index (χ3v) is 4.34. The maximum atomic E-state index is 5.94. The highest BCUT2D eigenvalue weighted by molar-refractivity contribution is 7.11. The summed E-state index contributed by atoms with van der Waals surface area (Å²) in [7, 11) is 1.49. The summed E-state index contributed by atoms with van der Waals surface area (Å²) in [5.41, 5.74) is 2.85. The van der Waals surface area contributed by atoms with Gasteiger partial charge in [-0.1, -0.05) is 28.6 Å². The van der Waals surface area contributed by atoms with Gasteiger partial charge in [0.15, 0.2) is 0 Å². The maximum absolute atomic E-state index is 5.94. The van der Waals surface area contributed by atoms with Gasteiger partial charge < -0.3 is 19.0 Å². The Hall–Kier alpha value is -2.54. The van der Waals surface area contributed by atoms with Crippen molar-refractivity contribution in [1.29, 1.82) is 0 Å². The molecular weight excluding hydrogens is 364 g/mol. The van der Waals surface area contributed by atoms with E-state index >= 15 is 0 Å². The zero-order valence-corrected chi connectivity index (χ0v) is 17.0. The summed E-state index contributed by atoms with van der Waals surface area (Å²) in [6.45, 7) is 7.72. The van der Waals surface area contributed by atoms with Crippen LogP contribution < -0.4 is 14.2 Å². The number of rotatable bonds is 11. The second-order valence-corrected chi connectivity index (χ2v) is 6.59. The molecule has 0 fully saturated rings. The number of hydrogen-bond donors (Lipinski definition) is 0. The van der Waals surface area contributed by atoms with Crippen LogP contribution >= 0.6 is 11.3 Å². The Morgan fingerprint density at radius 2 is 1.85 bits per heavy atom. The molecular formula is C20H26N2O4S. The van der Waals surface area contributed by atoms with Crippen LogP contribution in [0, 0.1) is 13.8 Å². The van der Waals surface area contributed by atoms with Gasteiger partial charge in [-0.3, -0.25) is 0 Å². The van der Waals surface area contributed by atoms with E-state index in [2.05, 4.69) is 15.0 Å². The number of thiazole rings is 1. The molecule has 0 amide bonds. The number of benzene rings is 1. The normalized spacial score (nSPS) is 11.3. The molecule has 0 radical (unpaired) electrons. The summed E-state index contributed by atoms with van der Waals surface area (Å²) in [6, 6.07) is 4.00. The number of aromatic nitrogens is 1. The van der Waals surface area contributed by atoms with Crippen molar-refractivity contribution in [3.63, 3.8) is 0 Å². The first-order valence-electron chi connectivity index (χ1n) is 8.77. The van der Waals surface area contributed by atoms with Gasteiger partial charge in [0.05, 0.1) is 25.1 Å². The van der Waals surface area contributed by atoms with Gasteiger partial charge in [0.2, 0.25) is 0 Å². The van der Waals surface area contributed by atoms with Crippen LogP contribution in [0.25, 0.3) is 0 Å². The van der Waals surface area contributed by atoms with Crippen molar-refractivity contribution in [3.8, 4) is 16.7 Å². The highest BCUT2D eigenvalue weighted by Gasteiger charge is 2.08. The largest absolute Gasteiger partial charge is 0.493 e. The average molecular weight is 391 g/mol. The van der Waals surface area contributed by atoms with Gasteiger partial charge in [0.1, 0.15) is 25.2 Å². The van der Waals surface area contributed by atoms with Crippen LogP contribution in [0.2, 0.25) is 0 Å². The Kier molecular flexibility index (Phi) is 8.64. The Morgan fingerprint density at radius 3 is 2.56 bits per heavy atom. The predicted molar refractivity (Wildman–Crippen MR) is 109 cm³/mol. The molecule has 7 heteroatoms. The van der Waals surface area contributed by atoms with Gasteiger partial charge in [-0.15, -0.1) is 0 Å². The zero-order chi connectivity index (χ0) is 19.5. The molecule has 2 aromatic rings. The van der Waals surface area contributed by atoms with E-state index in [1.165, 1.54) is 18.4 Å². The van der Waals surface area contributed by atoms with Crippen LogP contribution in [-0.2, 0) is 4.84 Å². The summed E-state index contributed by atoms with van der Waals surface area (Å²) in [5.74, 6) is 1.76. The molecule has 0 saturated carbocycles. The lowest BCUT2D eigenvalue weighted by Crippen LogP contribution is -2.07. The summed E-state index contributed by atoms with van der Waals surface area (Å²) in [6.07, 6.45) is 6.26. The molecule has 146 valence electrons. The van der Waals surface area contributed by atoms with Crippen LogP contribution in [0.5, 0.6) is 16.7 Å². The van der Waals surface area contributed by atoms with Crippen molar-refractivity contribution < 1.29 is 19.0 Å². The van der Waals surface area contributed by atoms with Crippen molar-refractivity contribution in [3.05, 3.63) is 46.5 Å². The number of oxime groups is 1. The van der Waals surface area contributed by atoms with Crippen LogP contribution in [0.4, 0.5) is 0 Å². The number of aryl methyl sites for hydroxylation is 2. The fourth-order valence-electron chi connectivity index (χ4n) is 2.36. The molecule has 0 aliphatic rings. The minimum Gasteiger partial charge on any atom is -0.493 e. The molecule has 1 aromatic heterocycles. The average Bonchev–Trinajstić information content (AvgIpc) is 3.09. The molecule has 0 bridgehead atoms. The van der Waals surface area contributed by atoms with Crippen LogP contribution in [0.3, 0.4) is 0 Å². The fraction of sp³-hybridized carbons (Fsp3) is 0.400. The van der Waals surface area contributed by atoms with E-state index in [1.54, 1.807) is 6.21 Å². The van der Waals surface area contributed by atoms with E-state index in [0.717, 1.165) is 34.7 Å². The summed E-state index contributed by atoms with van der Waals surface area (Å²) in [5, 5.41) is 6.15. The smallest absolute Gasteiger partial charge is 0.273 e. The Balaban J connectivity index is 1.76. The van der Waals surface area contributed by atoms with Crippen molar-refractivity contribution >= 4 is 17.6 Å². The minimum atomic E-state index is 0.539. The monoisotopic (exact) mass is 390 g/mol. The van der Waals surface area contributed by atoms with E-state index in [9.17, 15) is 0 Å². The minimum absolute atomic E-state index is 0.539. The molecule has 1 heterocycles. The van der Waals surface area contributed by atoms with E-state index in [0.29, 0.717) is 25.0 Å². The number of ether oxygens (including phenoxy) is 3. The lowest BCUT2D eigenvalue weighted by molar-refractivity contribution is 0.215. The van der Waals surface area contributed by atoms with Crippen molar-refractivity contribution in [2.75, 3.05) is 26.9 Å². The van der Waals surface area contributed by atoms with Crippen LogP contribution in [-0.4, -0.2) is 38.1 Å². The van der Waals surface area contributed by atoms with Crippen molar-refractivity contribution in [2.45, 2.75) is 27.2 Å². The van der Waals surface area contributed by atoms with Gasteiger partial charge >= 0.3 is 0 Å². The van der Waals surface area contributed by atoms with Crippen LogP contribution in [0.1, 0.15) is 30.2 Å². The first-order chi connectivity index (χ1) is 13.1. The topological polar surface area (TPSA) is 62.2 Å². The molecule has 6 nitrogen and oxygen atoms in total. The zero-order valence-electron chi connectivity index (χ0n) is 16.2. The van der Waals surface area contributed by atoms with Gasteiger partial charge in [-0.2, -0.15) is 0 Å². The summed E-state index contributed by atoms with van der Waals surface area (Å²) in [4.78, 5) is 8.91. The first kappa shape index (κ1) is 20.8. The van der Waals surface area contributed by atoms with E-state index in [4.69, 9.17) is 14.2 Å². The van der Waals surface area contributed by atoms with Crippen LogP contribution in [0.15, 0.2) is 34.8 Å². The second kappa shape index (κ2) is 11.2. The predicted octanol–water partition coefficient (Wildman–Crippen LogP) is 4.54. The van der Waals surface area contributed by atoms with E-state index in [1.807, 2.05) is 50.4 Å². The SMILES string of the molecule is C/C=C/COc1cc(C)c(OCCCOc2nc(/C=N/OC)cs2)c(C)c1. The number of nitrogens with zero attached hydrogens (tertiary/aromatic N) is 2. The molecule has 1 aromatic carbocycles. The molecule has 0 aliphatic carbocycles. The molecule has 0 spiro atoms. The number of allylic oxidation sites excluding steroid dienone is 1. The van der Waals surface area contributed by atoms with Gasteiger partial charge in [-0.25, -0.2) is 4.98 Å². The summed E-state index contributed by atoms with van der Waals surface area (Å²) < 4.78 is 17.3. The molecule has 2 rings (SSSR count). The molecule has 27 heavy (non-hydrogen) atoms. The summed E-state index contributed by atoms with van der Waals surface area (Å²) >= 11 is 1.43. The van der Waals surface area contributed by atoms with E-state index in [-0.39, 0.29) is 0 Å². The Labute approximate surface area is 164 Å². The third-order valence-electron chi connectivity index (χ3n) is 3.57. The highest BCUT2D eigenvalue weighted by Crippen LogP contribution is 2.28. The maximum Gasteiger partial charge on any atom is 0.273 e. The molecule has 0 saturated heterocycles. The molecule has 0 N–H and O–H groups in total. The molecule has 0 unspecified atom stereocenters. The van der Waals surface area contributed by atoms with Gasteiger partial charge in [0, 0.05) is 11.8 Å². The first-order valence-corrected chi connectivity index (χ1v) is 9.65. The van der Waals surface area contributed by atoms with Gasteiger partial charge in [-0.05, 0) is 44.0 Å². The lowest BCUT2D eigenvalue weighted by atomic mass is 10.1. The molecule has 0 aliphatic heterocycles. The Bertz CT molecular complexity index is 748. The standard InChI is InChI=1S/C20H26N2O4S/c1-5-6-8-24-18-11-15(2)19(16(3)12-18)25-9-7-10-26-20-22-17(14-27-20)13-21-23-4/h5-6,11-14H,7-10H2,1-4H3/b6-5+,21-13+. The highest BCUT2D eigenvalue weighted by atomic mass is 32.1. The van der Waals surface area contributed by atoms with Crippen molar-refractivity contribution in [1.82, 2.24) is 4.98 Å². The van der Waals surface area contributed by atoms with E-state index < -0.39 is 0 Å². The number of hydrogen-bond acceptors (Lipinski definition) is 7. The molecule has 0 atom stereocenters. The third kappa shape index (κ3) is 6.94. The van der Waals surface area contributed by atoms with Crippen molar-refractivity contribution in [2.24, 2.45) is 5.16 Å².